The third-order valence-corrected chi connectivity index (χ3v) is 15.8. The van der Waals surface area contributed by atoms with Crippen molar-refractivity contribution in [2.75, 3.05) is 42.5 Å². The molecule has 0 bridgehead atoms. The Morgan fingerprint density at radius 3 is 1.30 bits per heavy atom. The Labute approximate surface area is 476 Å². The Hall–Kier alpha value is -6.21. The number of hydrogen-bond acceptors (Lipinski definition) is 10. The molecule has 462 valence electrons. The van der Waals surface area contributed by atoms with Crippen molar-refractivity contribution in [3.63, 3.8) is 0 Å². The second-order valence-electron chi connectivity index (χ2n) is 23.4. The first-order chi connectivity index (χ1) is 38.7. The number of amides is 6. The van der Waals surface area contributed by atoms with Crippen molar-refractivity contribution in [3.05, 3.63) is 46.5 Å². The summed E-state index contributed by atoms with van der Waals surface area (Å²) >= 11 is 0. The van der Waals surface area contributed by atoms with Crippen LogP contribution in [0.3, 0.4) is 0 Å². The number of carbonyl (C=O) groups excluding carboxylic acids is 7. The van der Waals surface area contributed by atoms with Crippen LogP contribution in [0.25, 0.3) is 0 Å². The zero-order chi connectivity index (χ0) is 61.7. The van der Waals surface area contributed by atoms with Crippen LogP contribution >= 0.6 is 0 Å². The zero-order valence-electron chi connectivity index (χ0n) is 47.8. The van der Waals surface area contributed by atoms with Crippen molar-refractivity contribution < 1.29 is 86.9 Å². The van der Waals surface area contributed by atoms with E-state index in [1.54, 1.807) is 27.7 Å². The highest BCUT2D eigenvalue weighted by molar-refractivity contribution is 6.06. The van der Waals surface area contributed by atoms with E-state index in [2.05, 4.69) is 5.32 Å². The van der Waals surface area contributed by atoms with Gasteiger partial charge in [0.2, 0.25) is 0 Å². The van der Waals surface area contributed by atoms with E-state index in [9.17, 15) is 77.5 Å². The predicted molar refractivity (Wildman–Crippen MR) is 285 cm³/mol. The molecule has 5 aliphatic rings. The lowest BCUT2D eigenvalue weighted by Gasteiger charge is -2.41. The average Bonchev–Trinajstić information content (AvgIpc) is 1.81. The van der Waals surface area contributed by atoms with Crippen molar-refractivity contribution >= 4 is 53.1 Å². The van der Waals surface area contributed by atoms with Gasteiger partial charge in [0.15, 0.2) is 11.2 Å². The molecular formula is C57H75F10N7O9. The number of ether oxygens (including phenoxy) is 2. The van der Waals surface area contributed by atoms with Crippen molar-refractivity contribution in [1.82, 2.24) is 25.8 Å². The summed E-state index contributed by atoms with van der Waals surface area (Å²) < 4.78 is 148. The molecular weight excluding hydrogens is 1120 g/mol. The van der Waals surface area contributed by atoms with Crippen LogP contribution in [0.1, 0.15) is 164 Å². The molecule has 0 saturated heterocycles. The molecule has 0 unspecified atom stereocenters. The van der Waals surface area contributed by atoms with Crippen LogP contribution in [0.4, 0.5) is 55.3 Å². The number of hydrogen-bond donors (Lipinski definition) is 3. The van der Waals surface area contributed by atoms with Crippen molar-refractivity contribution in [1.29, 1.82) is 0 Å². The third kappa shape index (κ3) is 16.2. The molecule has 3 fully saturated rings. The molecule has 0 aromatic heterocycles. The fourth-order valence-electron chi connectivity index (χ4n) is 11.4. The van der Waals surface area contributed by atoms with Crippen LogP contribution in [0.5, 0.6) is 11.5 Å². The lowest BCUT2D eigenvalue weighted by atomic mass is 9.82. The summed E-state index contributed by atoms with van der Waals surface area (Å²) in [5, 5.41) is 7.48. The van der Waals surface area contributed by atoms with Crippen LogP contribution in [-0.2, 0) is 36.3 Å². The third-order valence-electron chi connectivity index (χ3n) is 15.8. The molecule has 6 amide bonds. The molecule has 3 saturated carbocycles. The van der Waals surface area contributed by atoms with Crippen LogP contribution in [0, 0.1) is 11.8 Å². The van der Waals surface area contributed by atoms with E-state index >= 15 is 0 Å². The molecule has 2 aliphatic heterocycles. The Balaban J connectivity index is 0.000000267. The minimum Gasteiger partial charge on any atom is -0.476 e. The van der Waals surface area contributed by atoms with Crippen LogP contribution < -0.4 is 35.2 Å². The number of benzene rings is 2. The average molecular weight is 1190 g/mol. The summed E-state index contributed by atoms with van der Waals surface area (Å²) in [7, 11) is 0. The molecule has 83 heavy (non-hydrogen) atoms. The number of nitrogens with zero attached hydrogens (tertiary/aromatic N) is 4. The van der Waals surface area contributed by atoms with Crippen LogP contribution in [0.15, 0.2) is 24.3 Å². The maximum atomic E-state index is 14.4. The number of anilines is 2. The number of alkyl halides is 10. The first kappa shape index (κ1) is 65.9. The number of rotatable bonds is 20. The van der Waals surface area contributed by atoms with Crippen LogP contribution in [0.2, 0.25) is 0 Å². The Morgan fingerprint density at radius 1 is 0.602 bits per heavy atom. The fourth-order valence-corrected chi connectivity index (χ4v) is 11.4. The minimum atomic E-state index is -4.94. The van der Waals surface area contributed by atoms with Crippen molar-refractivity contribution in [2.24, 2.45) is 11.8 Å². The highest BCUT2D eigenvalue weighted by atomic mass is 19.4. The van der Waals surface area contributed by atoms with Gasteiger partial charge in [-0.05, 0) is 169 Å². The first-order valence-corrected chi connectivity index (χ1v) is 28.1. The molecule has 2 aromatic carbocycles. The van der Waals surface area contributed by atoms with Gasteiger partial charge in [-0.25, -0.2) is 0 Å². The van der Waals surface area contributed by atoms with Gasteiger partial charge in [-0.15, -0.1) is 0 Å². The van der Waals surface area contributed by atoms with Crippen molar-refractivity contribution in [2.45, 2.75) is 199 Å². The summed E-state index contributed by atoms with van der Waals surface area (Å²) in [5.74, 6) is -6.02. The second-order valence-corrected chi connectivity index (χ2v) is 23.4. The first-order valence-electron chi connectivity index (χ1n) is 28.1. The molecule has 3 N–H and O–H groups in total. The lowest BCUT2D eigenvalue weighted by Crippen LogP contribution is -2.54. The molecule has 0 spiro atoms. The highest BCUT2D eigenvalue weighted by Crippen LogP contribution is 2.47. The maximum absolute atomic E-state index is 14.4. The van der Waals surface area contributed by atoms with Gasteiger partial charge in [-0.3, -0.25) is 28.8 Å². The fraction of sp³-hybridized carbons (Fsp3) is 0.667. The van der Waals surface area contributed by atoms with Gasteiger partial charge in [0.05, 0.1) is 33.6 Å². The standard InChI is InChI=1S/C30H41F5N4O4.C27H34F5N3O5/c1-17(2)39(20-9-5-18(6-10-20)11-12-36-19-7-8-19)27(41)21-15-23-24(16-22(21)30(33,34)35)43-29(3,4)28(42)38(23)14-13-37-26(40)25(31)32;1-15(2)35(17-7-5-16(6-8-17)9-12-36)24(38)18-13-20-21(14-19(18)27(30,31)32)40-26(3,4)25(39)34(20)11-10-33-23(37)22(28)29/h15-20,25,36H,5-14H2,1-4H3,(H,37,40);12-17,22H,5-11H2,1-4H3,(H,33,37). The summed E-state index contributed by atoms with van der Waals surface area (Å²) in [6.45, 7) is 11.9. The summed E-state index contributed by atoms with van der Waals surface area (Å²) in [5.41, 5.74) is -7.11. The summed E-state index contributed by atoms with van der Waals surface area (Å²) in [6, 6.07) is 2.58. The van der Waals surface area contributed by atoms with Gasteiger partial charge >= 0.3 is 25.2 Å². The van der Waals surface area contributed by atoms with Gasteiger partial charge in [0, 0.05) is 62.8 Å². The molecule has 2 aromatic rings. The molecule has 0 radical (unpaired) electrons. The van der Waals surface area contributed by atoms with Crippen LogP contribution in [-0.4, -0.2) is 139 Å². The molecule has 0 atom stereocenters. The minimum absolute atomic E-state index is 0.0949. The quantitative estimate of drug-likeness (QED) is 0.0851. The van der Waals surface area contributed by atoms with Gasteiger partial charge in [0.25, 0.3) is 35.4 Å². The molecule has 7 rings (SSSR count). The Bertz CT molecular complexity index is 2680. The summed E-state index contributed by atoms with van der Waals surface area (Å²) in [6.07, 6.45) is -6.22. The largest absolute Gasteiger partial charge is 0.476 e. The van der Waals surface area contributed by atoms with Crippen molar-refractivity contribution in [3.8, 4) is 11.5 Å². The second kappa shape index (κ2) is 26.8. The number of carbonyl (C=O) groups is 7. The number of halogens is 10. The number of nitrogens with one attached hydrogen (secondary N) is 3. The molecule has 26 heteroatoms. The topological polar surface area (TPSA) is 187 Å². The number of aldehydes is 1. The number of fused-ring (bicyclic) bond motifs is 2. The van der Waals surface area contributed by atoms with E-state index in [1.165, 1.54) is 50.3 Å². The Morgan fingerprint density at radius 2 is 0.976 bits per heavy atom. The normalized spacial score (nSPS) is 21.3. The van der Waals surface area contributed by atoms with E-state index in [0.717, 1.165) is 60.1 Å². The van der Waals surface area contributed by atoms with E-state index in [0.29, 0.717) is 63.0 Å². The van der Waals surface area contributed by atoms with E-state index in [4.69, 9.17) is 9.47 Å². The van der Waals surface area contributed by atoms with E-state index in [1.807, 2.05) is 10.6 Å². The SMILES string of the molecule is CC(C)N(C(=O)c1cc2c(cc1C(F)(F)F)OC(C)(C)C(=O)N2CCNC(=O)C(F)F)C1CCC(CC=O)CC1.CC(C)N(C(=O)c1cc2c(cc1C(F)(F)F)OC(C)(C)C(=O)N2CCNC(=O)C(F)F)C1CCC(CCNC2CC2)CC1. The monoisotopic (exact) mass is 1190 g/mol. The molecule has 16 nitrogen and oxygen atoms in total. The Kier molecular flexibility index (Phi) is 21.3. The summed E-state index contributed by atoms with van der Waals surface area (Å²) in [4.78, 5) is 92.8. The maximum Gasteiger partial charge on any atom is 0.417 e. The molecule has 2 heterocycles. The highest BCUT2D eigenvalue weighted by Gasteiger charge is 2.48. The van der Waals surface area contributed by atoms with E-state index < -0.39 is 107 Å². The van der Waals surface area contributed by atoms with Gasteiger partial charge < -0.3 is 49.8 Å². The van der Waals surface area contributed by atoms with E-state index in [-0.39, 0.29) is 66.6 Å². The van der Waals surface area contributed by atoms with Gasteiger partial charge in [-0.1, -0.05) is 0 Å². The smallest absolute Gasteiger partial charge is 0.417 e. The zero-order valence-corrected chi connectivity index (χ0v) is 47.8. The van der Waals surface area contributed by atoms with Gasteiger partial charge in [-0.2, -0.15) is 43.9 Å². The van der Waals surface area contributed by atoms with Gasteiger partial charge in [0.1, 0.15) is 17.8 Å². The molecule has 3 aliphatic carbocycles. The predicted octanol–water partition coefficient (Wildman–Crippen LogP) is 9.73. The lowest BCUT2D eigenvalue weighted by molar-refractivity contribution is -0.139.